The maximum absolute atomic E-state index is 12.4. The highest BCUT2D eigenvalue weighted by atomic mass is 32.2. The Kier molecular flexibility index (Phi) is 4.87. The van der Waals surface area contributed by atoms with Crippen LogP contribution in [0.2, 0.25) is 0 Å². The minimum absolute atomic E-state index is 0.0415. The minimum Gasteiger partial charge on any atom is -0.337 e. The molecule has 1 amide bonds. The summed E-state index contributed by atoms with van der Waals surface area (Å²) >= 11 is 0. The monoisotopic (exact) mass is 364 g/mol. The van der Waals surface area contributed by atoms with E-state index in [0.29, 0.717) is 23.7 Å². The van der Waals surface area contributed by atoms with Gasteiger partial charge in [0.2, 0.25) is 15.9 Å². The highest BCUT2D eigenvalue weighted by molar-refractivity contribution is 7.89. The van der Waals surface area contributed by atoms with Gasteiger partial charge >= 0.3 is 0 Å². The zero-order valence-electron chi connectivity index (χ0n) is 14.1. The summed E-state index contributed by atoms with van der Waals surface area (Å²) in [5, 5.41) is 3.79. The predicted molar refractivity (Wildman–Crippen MR) is 89.3 cm³/mol. The lowest BCUT2D eigenvalue weighted by molar-refractivity contribution is 0.0769. The molecule has 9 heteroatoms. The number of hydrogen-bond donors (Lipinski definition) is 1. The van der Waals surface area contributed by atoms with Crippen molar-refractivity contribution in [2.75, 3.05) is 7.05 Å². The van der Waals surface area contributed by atoms with Gasteiger partial charge in [-0.3, -0.25) is 4.79 Å². The summed E-state index contributed by atoms with van der Waals surface area (Å²) in [6.45, 7) is 2.10. The molecular formula is C16H20N4O4S. The van der Waals surface area contributed by atoms with Gasteiger partial charge in [-0.1, -0.05) is 12.1 Å². The number of carbonyl (C=O) groups excluding carboxylic acids is 1. The smallest absolute Gasteiger partial charge is 0.254 e. The van der Waals surface area contributed by atoms with Gasteiger partial charge in [0.15, 0.2) is 5.82 Å². The summed E-state index contributed by atoms with van der Waals surface area (Å²) in [4.78, 5) is 18.2. The largest absolute Gasteiger partial charge is 0.337 e. The normalized spacial score (nSPS) is 14.5. The third-order valence-corrected chi connectivity index (χ3v) is 5.39. The van der Waals surface area contributed by atoms with Crippen molar-refractivity contribution in [2.45, 2.75) is 43.7 Å². The number of aryl methyl sites for hydroxylation is 1. The third kappa shape index (κ3) is 4.23. The molecule has 0 unspecified atom stereocenters. The second kappa shape index (κ2) is 6.93. The van der Waals surface area contributed by atoms with Crippen LogP contribution in [0.5, 0.6) is 0 Å². The van der Waals surface area contributed by atoms with Gasteiger partial charge < -0.3 is 9.42 Å². The Labute approximate surface area is 146 Å². The van der Waals surface area contributed by atoms with Crippen molar-refractivity contribution in [1.82, 2.24) is 19.8 Å². The third-order valence-electron chi connectivity index (χ3n) is 3.86. The first-order valence-corrected chi connectivity index (χ1v) is 9.56. The number of nitrogens with one attached hydrogen (secondary N) is 1. The molecule has 1 aromatic heterocycles. The van der Waals surface area contributed by atoms with Crippen molar-refractivity contribution >= 4 is 15.9 Å². The van der Waals surface area contributed by atoms with E-state index in [1.807, 2.05) is 6.92 Å². The predicted octanol–water partition coefficient (Wildman–Crippen LogP) is 1.34. The van der Waals surface area contributed by atoms with Crippen LogP contribution in [0.3, 0.4) is 0 Å². The van der Waals surface area contributed by atoms with Crippen LogP contribution >= 0.6 is 0 Å². The van der Waals surface area contributed by atoms with E-state index in [9.17, 15) is 13.2 Å². The average Bonchev–Trinajstić information content (AvgIpc) is 3.28. The molecule has 8 nitrogen and oxygen atoms in total. The van der Waals surface area contributed by atoms with Crippen LogP contribution in [0.15, 0.2) is 33.7 Å². The quantitative estimate of drug-likeness (QED) is 0.795. The van der Waals surface area contributed by atoms with Crippen molar-refractivity contribution in [1.29, 1.82) is 0 Å². The SMILES string of the molecule is CCc1noc(CN(C)C(=O)c2ccc(S(=O)(=O)NC3CC3)cc2)n1. The van der Waals surface area contributed by atoms with Gasteiger partial charge in [-0.25, -0.2) is 13.1 Å². The number of amides is 1. The molecule has 134 valence electrons. The molecule has 25 heavy (non-hydrogen) atoms. The van der Waals surface area contributed by atoms with Crippen molar-refractivity contribution in [2.24, 2.45) is 0 Å². The van der Waals surface area contributed by atoms with Gasteiger partial charge in [0.1, 0.15) is 0 Å². The molecule has 1 saturated carbocycles. The fourth-order valence-electron chi connectivity index (χ4n) is 2.26. The first-order valence-electron chi connectivity index (χ1n) is 8.08. The van der Waals surface area contributed by atoms with Gasteiger partial charge in [-0.15, -0.1) is 0 Å². The first-order chi connectivity index (χ1) is 11.9. The molecule has 1 fully saturated rings. The Bertz CT molecular complexity index is 857. The van der Waals surface area contributed by atoms with E-state index in [-0.39, 0.29) is 23.4 Å². The number of benzene rings is 1. The molecule has 1 aromatic carbocycles. The van der Waals surface area contributed by atoms with Crippen LogP contribution in [-0.2, 0) is 23.0 Å². The second-order valence-electron chi connectivity index (χ2n) is 6.04. The molecule has 0 aliphatic heterocycles. The lowest BCUT2D eigenvalue weighted by Gasteiger charge is -2.15. The van der Waals surface area contributed by atoms with Crippen LogP contribution in [0.1, 0.15) is 41.8 Å². The summed E-state index contributed by atoms with van der Waals surface area (Å²) in [6, 6.07) is 5.93. The van der Waals surface area contributed by atoms with E-state index in [1.165, 1.54) is 29.2 Å². The molecule has 0 atom stereocenters. The molecule has 1 aliphatic rings. The Hall–Kier alpha value is -2.26. The van der Waals surface area contributed by atoms with Crippen molar-refractivity contribution in [3.63, 3.8) is 0 Å². The zero-order chi connectivity index (χ0) is 18.0. The van der Waals surface area contributed by atoms with E-state index in [1.54, 1.807) is 7.05 Å². The standard InChI is InChI=1S/C16H20N4O4S/c1-3-14-17-15(24-18-14)10-20(2)16(21)11-4-8-13(9-5-11)25(22,23)19-12-6-7-12/h4-5,8-9,12,19H,3,6-7,10H2,1-2H3. The van der Waals surface area contributed by atoms with Crippen LogP contribution in [0.25, 0.3) is 0 Å². The lowest BCUT2D eigenvalue weighted by Crippen LogP contribution is -2.27. The van der Waals surface area contributed by atoms with Gasteiger partial charge in [0, 0.05) is 25.1 Å². The Balaban J connectivity index is 1.67. The van der Waals surface area contributed by atoms with Crippen LogP contribution in [0, 0.1) is 0 Å². The van der Waals surface area contributed by atoms with Gasteiger partial charge in [0.05, 0.1) is 11.4 Å². The zero-order valence-corrected chi connectivity index (χ0v) is 14.9. The molecular weight excluding hydrogens is 344 g/mol. The Morgan fingerprint density at radius 2 is 2.00 bits per heavy atom. The molecule has 0 saturated heterocycles. The molecule has 1 aliphatic carbocycles. The molecule has 0 spiro atoms. The summed E-state index contributed by atoms with van der Waals surface area (Å²) in [5.74, 6) is 0.699. The molecule has 1 heterocycles. The van der Waals surface area contributed by atoms with Crippen molar-refractivity contribution in [3.05, 3.63) is 41.5 Å². The molecule has 0 bridgehead atoms. The fourth-order valence-corrected chi connectivity index (χ4v) is 3.56. The van der Waals surface area contributed by atoms with Crippen LogP contribution in [0.4, 0.5) is 0 Å². The number of sulfonamides is 1. The number of nitrogens with zero attached hydrogens (tertiary/aromatic N) is 3. The van der Waals surface area contributed by atoms with E-state index in [2.05, 4.69) is 14.9 Å². The maximum atomic E-state index is 12.4. The lowest BCUT2D eigenvalue weighted by atomic mass is 10.2. The summed E-state index contributed by atoms with van der Waals surface area (Å²) in [6.07, 6.45) is 2.40. The Morgan fingerprint density at radius 1 is 1.32 bits per heavy atom. The van der Waals surface area contributed by atoms with E-state index < -0.39 is 10.0 Å². The minimum atomic E-state index is -3.52. The van der Waals surface area contributed by atoms with E-state index >= 15 is 0 Å². The van der Waals surface area contributed by atoms with Gasteiger partial charge in [-0.05, 0) is 37.1 Å². The maximum Gasteiger partial charge on any atom is 0.254 e. The topological polar surface area (TPSA) is 105 Å². The van der Waals surface area contributed by atoms with E-state index in [0.717, 1.165) is 12.8 Å². The van der Waals surface area contributed by atoms with Gasteiger partial charge in [0.25, 0.3) is 5.91 Å². The van der Waals surface area contributed by atoms with Crippen LogP contribution < -0.4 is 4.72 Å². The van der Waals surface area contributed by atoms with Gasteiger partial charge in [-0.2, -0.15) is 4.98 Å². The highest BCUT2D eigenvalue weighted by Gasteiger charge is 2.28. The first kappa shape index (κ1) is 17.6. The fraction of sp³-hybridized carbons (Fsp3) is 0.438. The second-order valence-corrected chi connectivity index (χ2v) is 7.75. The van der Waals surface area contributed by atoms with Crippen LogP contribution in [-0.4, -0.2) is 42.5 Å². The number of carbonyl (C=O) groups is 1. The average molecular weight is 364 g/mol. The molecule has 2 aromatic rings. The van der Waals surface area contributed by atoms with E-state index in [4.69, 9.17) is 4.52 Å². The number of rotatable bonds is 7. The summed E-state index contributed by atoms with van der Waals surface area (Å²) in [7, 11) is -1.89. The molecule has 0 radical (unpaired) electrons. The number of hydrogen-bond acceptors (Lipinski definition) is 6. The number of aromatic nitrogens is 2. The summed E-state index contributed by atoms with van der Waals surface area (Å²) in [5.41, 5.74) is 0.392. The molecule has 3 rings (SSSR count). The highest BCUT2D eigenvalue weighted by Crippen LogP contribution is 2.22. The molecule has 1 N–H and O–H groups in total. The van der Waals surface area contributed by atoms with Crippen molar-refractivity contribution < 1.29 is 17.7 Å². The summed E-state index contributed by atoms with van der Waals surface area (Å²) < 4.78 is 32.0. The Morgan fingerprint density at radius 3 is 2.56 bits per heavy atom. The van der Waals surface area contributed by atoms with Crippen molar-refractivity contribution in [3.8, 4) is 0 Å².